The van der Waals surface area contributed by atoms with Crippen molar-refractivity contribution in [3.63, 3.8) is 0 Å². The molecule has 0 amide bonds. The Morgan fingerprint density at radius 1 is 1.23 bits per heavy atom. The highest BCUT2D eigenvalue weighted by Crippen LogP contribution is 2.38. The number of thiazole rings is 1. The van der Waals surface area contributed by atoms with Gasteiger partial charge in [-0.25, -0.2) is 13.4 Å². The first-order chi connectivity index (χ1) is 16.7. The van der Waals surface area contributed by atoms with Gasteiger partial charge in [0, 0.05) is 23.6 Å². The Morgan fingerprint density at radius 3 is 2.66 bits per heavy atom. The lowest BCUT2D eigenvalue weighted by Crippen LogP contribution is -2.00. The van der Waals surface area contributed by atoms with Crippen LogP contribution < -0.4 is 15.8 Å². The van der Waals surface area contributed by atoms with Gasteiger partial charge in [0.15, 0.2) is 16.6 Å². The van der Waals surface area contributed by atoms with Gasteiger partial charge < -0.3 is 25.9 Å². The van der Waals surface area contributed by atoms with Gasteiger partial charge in [0.1, 0.15) is 15.7 Å². The normalized spacial score (nSPS) is 11.7. The summed E-state index contributed by atoms with van der Waals surface area (Å²) in [6.07, 6.45) is 1.18. The summed E-state index contributed by atoms with van der Waals surface area (Å²) in [5.41, 5.74) is 6.63. The SMILES string of the molecule is COc1cc2[nH]c3nc(N)nc(Nc4ncc(S(=O)(=O)c5ccc([N+](=O)[O-])cc5)s4)c3c2cc1O. The number of nitro benzene ring substituents is 1. The molecule has 3 heterocycles. The zero-order chi connectivity index (χ0) is 24.9. The molecule has 5 rings (SSSR count). The quantitative estimate of drug-likeness (QED) is 0.192. The minimum absolute atomic E-state index is 0.0435. The van der Waals surface area contributed by atoms with Crippen LogP contribution in [-0.4, -0.2) is 45.5 Å². The topological polar surface area (TPSA) is 199 Å². The maximum atomic E-state index is 13.0. The van der Waals surface area contributed by atoms with Crippen molar-refractivity contribution in [1.29, 1.82) is 0 Å². The van der Waals surface area contributed by atoms with Gasteiger partial charge in [0.25, 0.3) is 5.69 Å². The molecule has 15 heteroatoms. The van der Waals surface area contributed by atoms with Gasteiger partial charge in [-0.15, -0.1) is 0 Å². The molecule has 3 aromatic heterocycles. The summed E-state index contributed by atoms with van der Waals surface area (Å²) in [6.45, 7) is 0. The van der Waals surface area contributed by atoms with E-state index in [1.807, 2.05) is 0 Å². The molecule has 2 aromatic carbocycles. The molecule has 178 valence electrons. The lowest BCUT2D eigenvalue weighted by molar-refractivity contribution is -0.384. The van der Waals surface area contributed by atoms with Gasteiger partial charge in [0.05, 0.1) is 34.0 Å². The molecule has 35 heavy (non-hydrogen) atoms. The van der Waals surface area contributed by atoms with Crippen LogP contribution in [0.1, 0.15) is 0 Å². The summed E-state index contributed by atoms with van der Waals surface area (Å²) in [5.74, 6) is 0.380. The molecule has 0 aliphatic carbocycles. The Balaban J connectivity index is 1.54. The molecule has 0 fully saturated rings. The van der Waals surface area contributed by atoms with Crippen molar-refractivity contribution in [1.82, 2.24) is 19.9 Å². The Labute approximate surface area is 200 Å². The largest absolute Gasteiger partial charge is 0.504 e. The van der Waals surface area contributed by atoms with E-state index in [-0.39, 0.29) is 43.2 Å². The number of ether oxygens (including phenoxy) is 1. The average molecular weight is 514 g/mol. The van der Waals surface area contributed by atoms with Gasteiger partial charge in [-0.1, -0.05) is 11.3 Å². The number of aromatic amines is 1. The zero-order valence-electron chi connectivity index (χ0n) is 17.7. The smallest absolute Gasteiger partial charge is 0.269 e. The van der Waals surface area contributed by atoms with E-state index in [9.17, 15) is 23.6 Å². The van der Waals surface area contributed by atoms with E-state index >= 15 is 0 Å². The number of aromatic nitrogens is 4. The summed E-state index contributed by atoms with van der Waals surface area (Å²) in [6, 6.07) is 7.67. The third kappa shape index (κ3) is 3.81. The summed E-state index contributed by atoms with van der Waals surface area (Å²) in [5, 5.41) is 25.3. The molecule has 5 N–H and O–H groups in total. The van der Waals surface area contributed by atoms with Gasteiger partial charge in [0.2, 0.25) is 15.8 Å². The molecule has 0 atom stereocenters. The number of nitrogens with zero attached hydrogens (tertiary/aromatic N) is 4. The second-order valence-electron chi connectivity index (χ2n) is 7.21. The fourth-order valence-corrected chi connectivity index (χ4v) is 5.92. The predicted molar refractivity (Wildman–Crippen MR) is 128 cm³/mol. The predicted octanol–water partition coefficient (Wildman–Crippen LogP) is 3.35. The number of aromatic hydroxyl groups is 1. The van der Waals surface area contributed by atoms with Crippen LogP contribution in [-0.2, 0) is 9.84 Å². The van der Waals surface area contributed by atoms with Gasteiger partial charge >= 0.3 is 0 Å². The molecule has 0 aliphatic heterocycles. The highest BCUT2D eigenvalue weighted by atomic mass is 32.2. The van der Waals surface area contributed by atoms with E-state index in [4.69, 9.17) is 10.5 Å². The molecule has 0 aliphatic rings. The van der Waals surface area contributed by atoms with Crippen LogP contribution in [0.5, 0.6) is 11.5 Å². The van der Waals surface area contributed by atoms with Crippen LogP contribution in [0.3, 0.4) is 0 Å². The van der Waals surface area contributed by atoms with E-state index in [2.05, 4.69) is 25.3 Å². The van der Waals surface area contributed by atoms with Crippen molar-refractivity contribution in [3.8, 4) is 11.5 Å². The maximum absolute atomic E-state index is 13.0. The number of sulfone groups is 1. The first kappa shape index (κ1) is 22.3. The number of rotatable bonds is 6. The van der Waals surface area contributed by atoms with Crippen molar-refractivity contribution in [2.75, 3.05) is 18.2 Å². The number of phenols is 1. The number of non-ortho nitro benzene ring substituents is 1. The van der Waals surface area contributed by atoms with Crippen molar-refractivity contribution in [2.45, 2.75) is 9.10 Å². The minimum Gasteiger partial charge on any atom is -0.504 e. The lowest BCUT2D eigenvalue weighted by atomic mass is 10.2. The Bertz CT molecular complexity index is 1730. The van der Waals surface area contributed by atoms with E-state index in [1.54, 1.807) is 6.07 Å². The van der Waals surface area contributed by atoms with Crippen LogP contribution in [0.4, 0.5) is 22.6 Å². The highest BCUT2D eigenvalue weighted by Gasteiger charge is 2.23. The Hall–Kier alpha value is -4.50. The number of hydrogen-bond donors (Lipinski definition) is 4. The first-order valence-electron chi connectivity index (χ1n) is 9.75. The van der Waals surface area contributed by atoms with Gasteiger partial charge in [-0.2, -0.15) is 9.97 Å². The molecule has 0 spiro atoms. The van der Waals surface area contributed by atoms with Gasteiger partial charge in [-0.05, 0) is 18.2 Å². The van der Waals surface area contributed by atoms with E-state index in [1.165, 1.54) is 31.5 Å². The molecular weight excluding hydrogens is 498 g/mol. The Morgan fingerprint density at radius 2 is 1.97 bits per heavy atom. The standard InChI is InChI=1S/C20H15N7O6S2/c1-33-14-7-12-11(6-13(14)28)16-17(23-12)24-19(21)25-18(16)26-20-22-8-15(34-20)35(31,32)10-4-2-9(3-5-10)27(29)30/h2-8,28H,1H3,(H4,21,22,23,24,25,26). The minimum atomic E-state index is -3.96. The number of fused-ring (bicyclic) bond motifs is 3. The third-order valence-electron chi connectivity index (χ3n) is 5.10. The lowest BCUT2D eigenvalue weighted by Gasteiger charge is -2.06. The van der Waals surface area contributed by atoms with Gasteiger partial charge in [-0.3, -0.25) is 10.1 Å². The second kappa shape index (κ2) is 8.07. The maximum Gasteiger partial charge on any atom is 0.269 e. The number of H-pyrrole nitrogens is 1. The second-order valence-corrected chi connectivity index (χ2v) is 10.4. The summed E-state index contributed by atoms with van der Waals surface area (Å²) >= 11 is 0.847. The van der Waals surface area contributed by atoms with Crippen LogP contribution in [0.25, 0.3) is 21.9 Å². The van der Waals surface area contributed by atoms with E-state index < -0.39 is 14.8 Å². The van der Waals surface area contributed by atoms with Crippen molar-refractivity contribution in [2.24, 2.45) is 0 Å². The number of methoxy groups -OCH3 is 1. The summed E-state index contributed by atoms with van der Waals surface area (Å²) in [7, 11) is -2.53. The number of nitrogen functional groups attached to an aromatic ring is 1. The van der Waals surface area contributed by atoms with Crippen molar-refractivity contribution >= 4 is 65.7 Å². The fourth-order valence-electron chi connectivity index (χ4n) is 3.49. The van der Waals surface area contributed by atoms with E-state index in [0.717, 1.165) is 23.5 Å². The molecule has 0 saturated carbocycles. The number of nitrogens with two attached hydrogens (primary N) is 1. The number of hydrogen-bond acceptors (Lipinski definition) is 12. The van der Waals surface area contributed by atoms with Crippen molar-refractivity contribution < 1.29 is 23.2 Å². The third-order valence-corrected chi connectivity index (χ3v) is 8.24. The molecule has 0 bridgehead atoms. The van der Waals surface area contributed by atoms with Crippen LogP contribution >= 0.6 is 11.3 Å². The fraction of sp³-hybridized carbons (Fsp3) is 0.0500. The number of nitro groups is 1. The molecule has 0 unspecified atom stereocenters. The number of anilines is 3. The molecule has 0 saturated heterocycles. The summed E-state index contributed by atoms with van der Waals surface area (Å²) in [4.78, 5) is 25.8. The zero-order valence-corrected chi connectivity index (χ0v) is 19.3. The average Bonchev–Trinajstić information content (AvgIpc) is 3.43. The van der Waals surface area contributed by atoms with E-state index in [0.29, 0.717) is 21.9 Å². The number of phenolic OH excluding ortho intramolecular Hbond substituents is 1. The van der Waals surface area contributed by atoms with Crippen LogP contribution in [0.15, 0.2) is 51.7 Å². The first-order valence-corrected chi connectivity index (χ1v) is 12.1. The monoisotopic (exact) mass is 513 g/mol. The Kier molecular flexibility index (Phi) is 5.14. The summed E-state index contributed by atoms with van der Waals surface area (Å²) < 4.78 is 31.0. The van der Waals surface area contributed by atoms with Crippen LogP contribution in [0.2, 0.25) is 0 Å². The molecule has 13 nitrogen and oxygen atoms in total. The number of benzene rings is 2. The molecule has 5 aromatic rings. The number of nitrogens with one attached hydrogen (secondary N) is 2. The van der Waals surface area contributed by atoms with Crippen LogP contribution in [0, 0.1) is 10.1 Å². The van der Waals surface area contributed by atoms with Crippen molar-refractivity contribution in [3.05, 3.63) is 52.7 Å². The molecular formula is C20H15N7O6S2. The highest BCUT2D eigenvalue weighted by molar-refractivity contribution is 7.93. The molecule has 0 radical (unpaired) electrons.